The van der Waals surface area contributed by atoms with Crippen LogP contribution in [0.3, 0.4) is 0 Å². The fourth-order valence-corrected chi connectivity index (χ4v) is 3.52. The lowest BCUT2D eigenvalue weighted by atomic mass is 9.76. The molecule has 1 amide bonds. The first-order valence-electron chi connectivity index (χ1n) is 8.48. The van der Waals surface area contributed by atoms with Crippen molar-refractivity contribution in [3.8, 4) is 0 Å². The zero-order valence-electron chi connectivity index (χ0n) is 13.0. The molecule has 2 fully saturated rings. The van der Waals surface area contributed by atoms with Crippen LogP contribution < -0.4 is 10.6 Å². The Bertz CT molecular complexity index is 292. The maximum Gasteiger partial charge on any atom is 0.226 e. The number of hydrogen-bond acceptors (Lipinski definition) is 3. The van der Waals surface area contributed by atoms with Gasteiger partial charge in [0.05, 0.1) is 5.41 Å². The molecule has 4 heteroatoms. The van der Waals surface area contributed by atoms with Gasteiger partial charge in [0.2, 0.25) is 5.91 Å². The Morgan fingerprint density at radius 1 is 1.15 bits per heavy atom. The predicted molar refractivity (Wildman–Crippen MR) is 82.7 cm³/mol. The van der Waals surface area contributed by atoms with Crippen LogP contribution in [-0.4, -0.2) is 50.1 Å². The Kier molecular flexibility index (Phi) is 6.30. The number of amides is 1. The number of nitrogens with zero attached hydrogens (tertiary/aromatic N) is 1. The highest BCUT2D eigenvalue weighted by molar-refractivity contribution is 5.82. The average molecular weight is 281 g/mol. The summed E-state index contributed by atoms with van der Waals surface area (Å²) in [5.41, 5.74) is -0.107. The van der Waals surface area contributed by atoms with E-state index in [0.29, 0.717) is 0 Å². The summed E-state index contributed by atoms with van der Waals surface area (Å²) < 4.78 is 0. The van der Waals surface area contributed by atoms with Crippen LogP contribution >= 0.6 is 0 Å². The van der Waals surface area contributed by atoms with E-state index in [2.05, 4.69) is 22.5 Å². The Hall–Kier alpha value is -0.610. The van der Waals surface area contributed by atoms with E-state index in [1.165, 1.54) is 38.8 Å². The first-order chi connectivity index (χ1) is 9.77. The molecule has 2 heterocycles. The maximum absolute atomic E-state index is 12.5. The van der Waals surface area contributed by atoms with Gasteiger partial charge in [0, 0.05) is 13.1 Å². The summed E-state index contributed by atoms with van der Waals surface area (Å²) in [4.78, 5) is 15.0. The van der Waals surface area contributed by atoms with Gasteiger partial charge in [-0.3, -0.25) is 4.79 Å². The van der Waals surface area contributed by atoms with Crippen LogP contribution in [0.1, 0.15) is 51.9 Å². The first-order valence-corrected chi connectivity index (χ1v) is 8.48. The minimum Gasteiger partial charge on any atom is -0.354 e. The van der Waals surface area contributed by atoms with E-state index < -0.39 is 0 Å². The molecule has 0 saturated carbocycles. The van der Waals surface area contributed by atoms with E-state index in [1.54, 1.807) is 0 Å². The monoisotopic (exact) mass is 281 g/mol. The van der Waals surface area contributed by atoms with Gasteiger partial charge in [-0.15, -0.1) is 0 Å². The number of rotatable bonds is 5. The third kappa shape index (κ3) is 4.19. The molecule has 2 aliphatic heterocycles. The lowest BCUT2D eigenvalue weighted by molar-refractivity contribution is -0.132. The van der Waals surface area contributed by atoms with Crippen LogP contribution in [-0.2, 0) is 4.79 Å². The van der Waals surface area contributed by atoms with Crippen LogP contribution in [0.15, 0.2) is 0 Å². The Morgan fingerprint density at radius 2 is 1.80 bits per heavy atom. The van der Waals surface area contributed by atoms with E-state index in [9.17, 15) is 4.79 Å². The minimum atomic E-state index is -0.107. The van der Waals surface area contributed by atoms with Crippen LogP contribution in [0.25, 0.3) is 0 Å². The third-order valence-corrected chi connectivity index (χ3v) is 5.13. The standard InChI is InChI=1S/C16H31N3O/c1-2-16(7-9-17-10-8-16)15(20)18-11-14-19-12-5-3-4-6-13-19/h17H,2-14H2,1H3,(H,18,20). The van der Waals surface area contributed by atoms with Gasteiger partial charge in [-0.1, -0.05) is 19.8 Å². The molecule has 0 aromatic rings. The van der Waals surface area contributed by atoms with Gasteiger partial charge in [0.1, 0.15) is 0 Å². The molecule has 2 saturated heterocycles. The largest absolute Gasteiger partial charge is 0.354 e. The summed E-state index contributed by atoms with van der Waals surface area (Å²) in [5.74, 6) is 0.288. The zero-order chi connectivity index (χ0) is 14.3. The highest BCUT2D eigenvalue weighted by atomic mass is 16.2. The van der Waals surface area contributed by atoms with Crippen molar-refractivity contribution in [3.63, 3.8) is 0 Å². The van der Waals surface area contributed by atoms with E-state index in [0.717, 1.165) is 45.4 Å². The summed E-state index contributed by atoms with van der Waals surface area (Å²) in [7, 11) is 0. The summed E-state index contributed by atoms with van der Waals surface area (Å²) in [6, 6.07) is 0. The number of carbonyl (C=O) groups excluding carboxylic acids is 1. The molecular weight excluding hydrogens is 250 g/mol. The molecule has 116 valence electrons. The lowest BCUT2D eigenvalue weighted by Gasteiger charge is -2.35. The number of likely N-dealkylation sites (tertiary alicyclic amines) is 1. The van der Waals surface area contributed by atoms with Crippen molar-refractivity contribution in [2.45, 2.75) is 51.9 Å². The summed E-state index contributed by atoms with van der Waals surface area (Å²) in [5, 5.41) is 6.56. The van der Waals surface area contributed by atoms with Crippen molar-refractivity contribution >= 4 is 5.91 Å². The second kappa shape index (κ2) is 7.99. The van der Waals surface area contributed by atoms with Crippen molar-refractivity contribution in [3.05, 3.63) is 0 Å². The van der Waals surface area contributed by atoms with E-state index in [-0.39, 0.29) is 11.3 Å². The van der Waals surface area contributed by atoms with Crippen molar-refractivity contribution in [2.75, 3.05) is 39.3 Å². The molecule has 2 aliphatic rings. The van der Waals surface area contributed by atoms with E-state index >= 15 is 0 Å². The van der Waals surface area contributed by atoms with Gasteiger partial charge in [0.15, 0.2) is 0 Å². The molecule has 0 atom stereocenters. The first kappa shape index (κ1) is 15.8. The van der Waals surface area contributed by atoms with Gasteiger partial charge < -0.3 is 15.5 Å². The van der Waals surface area contributed by atoms with Gasteiger partial charge in [-0.25, -0.2) is 0 Å². The number of carbonyl (C=O) groups is 1. The molecule has 0 aromatic carbocycles. The third-order valence-electron chi connectivity index (χ3n) is 5.13. The molecule has 0 unspecified atom stereocenters. The number of piperidine rings is 1. The quantitative estimate of drug-likeness (QED) is 0.807. The molecule has 4 nitrogen and oxygen atoms in total. The number of hydrogen-bond donors (Lipinski definition) is 2. The SMILES string of the molecule is CCC1(C(=O)NCCN2CCCCCC2)CCNCC1. The molecule has 0 aromatic heterocycles. The molecule has 0 bridgehead atoms. The van der Waals surface area contributed by atoms with Gasteiger partial charge >= 0.3 is 0 Å². The lowest BCUT2D eigenvalue weighted by Crippen LogP contribution is -2.48. The van der Waals surface area contributed by atoms with Crippen molar-refractivity contribution in [1.82, 2.24) is 15.5 Å². The molecule has 0 spiro atoms. The van der Waals surface area contributed by atoms with Crippen molar-refractivity contribution < 1.29 is 4.79 Å². The predicted octanol–water partition coefficient (Wildman–Crippen LogP) is 1.76. The van der Waals surface area contributed by atoms with Crippen LogP contribution in [0.5, 0.6) is 0 Å². The fourth-order valence-electron chi connectivity index (χ4n) is 3.52. The molecule has 2 rings (SSSR count). The molecule has 20 heavy (non-hydrogen) atoms. The Balaban J connectivity index is 1.73. The van der Waals surface area contributed by atoms with Crippen LogP contribution in [0.2, 0.25) is 0 Å². The van der Waals surface area contributed by atoms with Crippen molar-refractivity contribution in [2.24, 2.45) is 5.41 Å². The normalized spacial score (nSPS) is 24.1. The molecule has 0 aliphatic carbocycles. The van der Waals surface area contributed by atoms with Crippen LogP contribution in [0.4, 0.5) is 0 Å². The van der Waals surface area contributed by atoms with Crippen LogP contribution in [0, 0.1) is 5.41 Å². The number of nitrogens with one attached hydrogen (secondary N) is 2. The summed E-state index contributed by atoms with van der Waals surface area (Å²) in [6.45, 7) is 8.36. The highest BCUT2D eigenvalue weighted by Crippen LogP contribution is 2.32. The topological polar surface area (TPSA) is 44.4 Å². The smallest absolute Gasteiger partial charge is 0.226 e. The Labute approximate surface area is 123 Å². The second-order valence-corrected chi connectivity index (χ2v) is 6.40. The zero-order valence-corrected chi connectivity index (χ0v) is 13.0. The second-order valence-electron chi connectivity index (χ2n) is 6.40. The highest BCUT2D eigenvalue weighted by Gasteiger charge is 2.37. The van der Waals surface area contributed by atoms with E-state index in [1.807, 2.05) is 0 Å². The summed E-state index contributed by atoms with van der Waals surface area (Å²) in [6.07, 6.45) is 8.31. The van der Waals surface area contributed by atoms with Gasteiger partial charge in [0.25, 0.3) is 0 Å². The average Bonchev–Trinajstić information content (AvgIpc) is 2.76. The molecular formula is C16H31N3O. The van der Waals surface area contributed by atoms with Gasteiger partial charge in [-0.05, 0) is 58.3 Å². The van der Waals surface area contributed by atoms with Crippen molar-refractivity contribution in [1.29, 1.82) is 0 Å². The minimum absolute atomic E-state index is 0.107. The Morgan fingerprint density at radius 3 is 2.40 bits per heavy atom. The van der Waals surface area contributed by atoms with Gasteiger partial charge in [-0.2, -0.15) is 0 Å². The fraction of sp³-hybridized carbons (Fsp3) is 0.938. The maximum atomic E-state index is 12.5. The van der Waals surface area contributed by atoms with E-state index in [4.69, 9.17) is 0 Å². The molecule has 2 N–H and O–H groups in total. The molecule has 0 radical (unpaired) electrons. The summed E-state index contributed by atoms with van der Waals surface area (Å²) >= 11 is 0.